The molecule has 0 radical (unpaired) electrons. The molecule has 0 aliphatic heterocycles. The molecule has 0 fully saturated rings. The van der Waals surface area contributed by atoms with Crippen LogP contribution in [0.2, 0.25) is 0 Å². The topological polar surface area (TPSA) is 89.9 Å². The summed E-state index contributed by atoms with van der Waals surface area (Å²) in [4.78, 5) is 15.2. The van der Waals surface area contributed by atoms with Crippen molar-refractivity contribution in [1.82, 2.24) is 9.38 Å². The van der Waals surface area contributed by atoms with E-state index in [2.05, 4.69) is 4.98 Å². The fourth-order valence-electron chi connectivity index (χ4n) is 1.89. The van der Waals surface area contributed by atoms with Crippen LogP contribution in [-0.2, 0) is 0 Å². The molecule has 1 aromatic carbocycles. The second-order valence-corrected chi connectivity index (χ2v) is 5.03. The van der Waals surface area contributed by atoms with Gasteiger partial charge in [0.15, 0.2) is 0 Å². The molecular weight excluding hydrogens is 282 g/mol. The van der Waals surface area contributed by atoms with Gasteiger partial charge in [0.05, 0.1) is 0 Å². The number of rotatable bonds is 3. The molecule has 0 aliphatic rings. The molecule has 0 saturated heterocycles. The molecule has 0 atom stereocenters. The molecule has 2 aromatic heterocycles. The first-order valence-corrected chi connectivity index (χ1v) is 6.51. The summed E-state index contributed by atoms with van der Waals surface area (Å²) in [5.74, 6) is 0.00845. The molecular formula is C12H9N3O4S. The van der Waals surface area contributed by atoms with Gasteiger partial charge in [-0.25, -0.2) is 0 Å². The Hall–Kier alpha value is -2.61. The van der Waals surface area contributed by atoms with Crippen LogP contribution in [0.25, 0.3) is 4.96 Å². The third-order valence-electron chi connectivity index (χ3n) is 2.63. The van der Waals surface area contributed by atoms with E-state index in [-0.39, 0.29) is 17.4 Å². The number of hydrogen-bond acceptors (Lipinski definition) is 6. The summed E-state index contributed by atoms with van der Waals surface area (Å²) in [6.45, 7) is 1.78. The number of fused-ring (bicyclic) bond motifs is 1. The molecule has 0 unspecified atom stereocenters. The molecule has 0 spiro atoms. The standard InChI is InChI=1S/C12H9N3O4S/c1-7-4-8(16)6-9(5-7)19-10-11(15(17)18)14-2-3-20-12(14)13-10/h2-6,16H,1H3. The first kappa shape index (κ1) is 12.4. The van der Waals surface area contributed by atoms with E-state index in [0.717, 1.165) is 5.56 Å². The van der Waals surface area contributed by atoms with Crippen molar-refractivity contribution in [3.8, 4) is 17.4 Å². The third-order valence-corrected chi connectivity index (χ3v) is 3.39. The van der Waals surface area contributed by atoms with Gasteiger partial charge < -0.3 is 20.0 Å². The average molecular weight is 291 g/mol. The molecule has 3 aromatic rings. The highest BCUT2D eigenvalue weighted by molar-refractivity contribution is 7.15. The van der Waals surface area contributed by atoms with Gasteiger partial charge in [-0.2, -0.15) is 9.38 Å². The molecule has 2 heterocycles. The fourth-order valence-corrected chi connectivity index (χ4v) is 2.59. The minimum Gasteiger partial charge on any atom is -0.508 e. The summed E-state index contributed by atoms with van der Waals surface area (Å²) in [6.07, 6.45) is 1.56. The van der Waals surface area contributed by atoms with Crippen LogP contribution in [-0.4, -0.2) is 19.4 Å². The zero-order valence-corrected chi connectivity index (χ0v) is 11.1. The Morgan fingerprint density at radius 1 is 1.45 bits per heavy atom. The van der Waals surface area contributed by atoms with Crippen LogP contribution in [0.3, 0.4) is 0 Å². The van der Waals surface area contributed by atoms with Crippen LogP contribution in [0.15, 0.2) is 29.8 Å². The van der Waals surface area contributed by atoms with Crippen molar-refractivity contribution in [3.63, 3.8) is 0 Å². The molecule has 102 valence electrons. The van der Waals surface area contributed by atoms with Gasteiger partial charge in [0.1, 0.15) is 17.7 Å². The molecule has 8 heteroatoms. The zero-order valence-electron chi connectivity index (χ0n) is 10.3. The van der Waals surface area contributed by atoms with Gasteiger partial charge in [-0.15, -0.1) is 0 Å². The summed E-state index contributed by atoms with van der Waals surface area (Å²) >= 11 is 1.27. The van der Waals surface area contributed by atoms with Gasteiger partial charge in [0, 0.05) is 11.4 Å². The van der Waals surface area contributed by atoms with Gasteiger partial charge in [-0.05, 0) is 29.5 Å². The maximum absolute atomic E-state index is 11.1. The Kier molecular flexibility index (Phi) is 2.79. The summed E-state index contributed by atoms with van der Waals surface area (Å²) < 4.78 is 6.81. The van der Waals surface area contributed by atoms with E-state index in [1.54, 1.807) is 30.6 Å². The molecule has 0 saturated carbocycles. The lowest BCUT2D eigenvalue weighted by atomic mass is 10.2. The van der Waals surface area contributed by atoms with E-state index in [1.807, 2.05) is 0 Å². The third kappa shape index (κ3) is 2.05. The van der Waals surface area contributed by atoms with Gasteiger partial charge in [0.2, 0.25) is 0 Å². The van der Waals surface area contributed by atoms with Crippen molar-refractivity contribution in [1.29, 1.82) is 0 Å². The number of ether oxygens (including phenoxy) is 1. The predicted octanol–water partition coefficient (Wildman–Crippen LogP) is 3.11. The van der Waals surface area contributed by atoms with E-state index in [1.165, 1.54) is 21.8 Å². The Morgan fingerprint density at radius 3 is 2.95 bits per heavy atom. The number of benzene rings is 1. The van der Waals surface area contributed by atoms with Crippen LogP contribution in [0, 0.1) is 17.0 Å². The first-order valence-electron chi connectivity index (χ1n) is 5.63. The number of phenols is 1. The summed E-state index contributed by atoms with van der Waals surface area (Å²) in [6, 6.07) is 4.61. The fraction of sp³-hybridized carbons (Fsp3) is 0.0833. The van der Waals surface area contributed by atoms with E-state index in [4.69, 9.17) is 4.74 Å². The van der Waals surface area contributed by atoms with Crippen molar-refractivity contribution in [2.75, 3.05) is 0 Å². The second-order valence-electron chi connectivity index (χ2n) is 4.16. The normalized spacial score (nSPS) is 10.8. The first-order chi connectivity index (χ1) is 9.54. The summed E-state index contributed by atoms with van der Waals surface area (Å²) in [5, 5.41) is 22.4. The minimum absolute atomic E-state index is 0.0312. The SMILES string of the molecule is Cc1cc(O)cc(Oc2nc3sccn3c2[N+](=O)[O-])c1. The number of nitro groups is 1. The molecule has 20 heavy (non-hydrogen) atoms. The van der Waals surface area contributed by atoms with E-state index in [9.17, 15) is 15.2 Å². The molecule has 0 aliphatic carbocycles. The number of hydrogen-bond donors (Lipinski definition) is 1. The van der Waals surface area contributed by atoms with Crippen molar-refractivity contribution in [2.45, 2.75) is 6.92 Å². The van der Waals surface area contributed by atoms with Gasteiger partial charge in [-0.3, -0.25) is 0 Å². The lowest BCUT2D eigenvalue weighted by Crippen LogP contribution is -1.95. The molecule has 0 amide bonds. The largest absolute Gasteiger partial charge is 0.508 e. The zero-order chi connectivity index (χ0) is 14.3. The smallest absolute Gasteiger partial charge is 0.393 e. The molecule has 1 N–H and O–H groups in total. The van der Waals surface area contributed by atoms with Gasteiger partial charge >= 0.3 is 11.7 Å². The number of aryl methyl sites for hydroxylation is 1. The van der Waals surface area contributed by atoms with E-state index in [0.29, 0.717) is 10.7 Å². The highest BCUT2D eigenvalue weighted by Gasteiger charge is 2.25. The lowest BCUT2D eigenvalue weighted by Gasteiger charge is -2.04. The summed E-state index contributed by atoms with van der Waals surface area (Å²) in [5.41, 5.74) is 0.781. The Labute approximate surface area is 116 Å². The van der Waals surface area contributed by atoms with Crippen molar-refractivity contribution in [2.24, 2.45) is 0 Å². The van der Waals surface area contributed by atoms with Crippen molar-refractivity contribution < 1.29 is 14.8 Å². The van der Waals surface area contributed by atoms with Crippen molar-refractivity contribution in [3.05, 3.63) is 45.5 Å². The maximum Gasteiger partial charge on any atom is 0.393 e. The molecule has 0 bridgehead atoms. The second kappa shape index (κ2) is 4.49. The Morgan fingerprint density at radius 2 is 2.25 bits per heavy atom. The Bertz CT molecular complexity index is 788. The van der Waals surface area contributed by atoms with Crippen molar-refractivity contribution >= 4 is 22.1 Å². The van der Waals surface area contributed by atoms with Crippen LogP contribution in [0.5, 0.6) is 17.4 Å². The Balaban J connectivity index is 2.07. The van der Waals surface area contributed by atoms with Crippen LogP contribution in [0.4, 0.5) is 5.82 Å². The number of imidazole rings is 1. The highest BCUT2D eigenvalue weighted by atomic mass is 32.1. The average Bonchev–Trinajstić information content (AvgIpc) is 2.86. The van der Waals surface area contributed by atoms with Gasteiger partial charge in [0.25, 0.3) is 4.96 Å². The number of thiazole rings is 1. The highest BCUT2D eigenvalue weighted by Crippen LogP contribution is 2.34. The van der Waals surface area contributed by atoms with E-state index < -0.39 is 4.92 Å². The molecule has 7 nitrogen and oxygen atoms in total. The van der Waals surface area contributed by atoms with E-state index >= 15 is 0 Å². The number of phenolic OH excluding ortho intramolecular Hbond substituents is 1. The molecule has 3 rings (SSSR count). The number of aromatic hydroxyl groups is 1. The monoisotopic (exact) mass is 291 g/mol. The van der Waals surface area contributed by atoms with Crippen LogP contribution < -0.4 is 4.74 Å². The number of aromatic nitrogens is 2. The van der Waals surface area contributed by atoms with Gasteiger partial charge in [-0.1, -0.05) is 11.3 Å². The van der Waals surface area contributed by atoms with Crippen LogP contribution >= 0.6 is 11.3 Å². The maximum atomic E-state index is 11.1. The quantitative estimate of drug-likeness (QED) is 0.591. The minimum atomic E-state index is -0.544. The number of nitrogens with zero attached hydrogens (tertiary/aromatic N) is 3. The predicted molar refractivity (Wildman–Crippen MR) is 72.6 cm³/mol. The lowest BCUT2D eigenvalue weighted by molar-refractivity contribution is -0.391. The van der Waals surface area contributed by atoms with Crippen LogP contribution in [0.1, 0.15) is 5.56 Å². The summed E-state index contributed by atoms with van der Waals surface area (Å²) in [7, 11) is 0.